The summed E-state index contributed by atoms with van der Waals surface area (Å²) in [7, 11) is 0. The van der Waals surface area contributed by atoms with E-state index in [9.17, 15) is 4.79 Å². The fourth-order valence-corrected chi connectivity index (χ4v) is 2.48. The lowest BCUT2D eigenvalue weighted by Gasteiger charge is -2.22. The summed E-state index contributed by atoms with van der Waals surface area (Å²) in [5.74, 6) is 1.18. The number of hydrogen-bond donors (Lipinski definition) is 2. The summed E-state index contributed by atoms with van der Waals surface area (Å²) in [5.41, 5.74) is 7.37. The Hall–Kier alpha value is -1.59. The van der Waals surface area contributed by atoms with Gasteiger partial charge in [-0.15, -0.1) is 0 Å². The molecule has 1 atom stereocenters. The van der Waals surface area contributed by atoms with Crippen LogP contribution in [-0.4, -0.2) is 25.7 Å². The molecule has 1 aromatic rings. The zero-order valence-electron chi connectivity index (χ0n) is 10.7. The molecule has 102 valence electrons. The van der Waals surface area contributed by atoms with Gasteiger partial charge in [-0.1, -0.05) is 6.07 Å². The maximum Gasteiger partial charge on any atom is 0.245 e. The number of nitrogens with one attached hydrogen (secondary N) is 1. The van der Waals surface area contributed by atoms with Crippen molar-refractivity contribution in [3.05, 3.63) is 23.8 Å². The summed E-state index contributed by atoms with van der Waals surface area (Å²) in [6.07, 6.45) is 2.10. The molecule has 1 aromatic carbocycles. The molecule has 5 nitrogen and oxygen atoms in total. The maximum atomic E-state index is 11.5. The highest BCUT2D eigenvalue weighted by molar-refractivity contribution is 6.02. The van der Waals surface area contributed by atoms with Crippen molar-refractivity contribution in [1.82, 2.24) is 0 Å². The Kier molecular flexibility index (Phi) is 3.40. The highest BCUT2D eigenvalue weighted by Crippen LogP contribution is 2.32. The number of carbonyl (C=O) groups excluding carboxylic acids is 1. The highest BCUT2D eigenvalue weighted by Gasteiger charge is 2.27. The third-order valence-corrected chi connectivity index (χ3v) is 3.73. The van der Waals surface area contributed by atoms with E-state index in [1.807, 2.05) is 18.2 Å². The van der Waals surface area contributed by atoms with Crippen LogP contribution in [0.4, 0.5) is 5.69 Å². The second-order valence-electron chi connectivity index (χ2n) is 5.08. The molecule has 0 radical (unpaired) electrons. The van der Waals surface area contributed by atoms with Gasteiger partial charge >= 0.3 is 0 Å². The van der Waals surface area contributed by atoms with E-state index in [1.165, 1.54) is 0 Å². The number of rotatable bonds is 3. The van der Waals surface area contributed by atoms with Gasteiger partial charge in [0.2, 0.25) is 5.91 Å². The molecule has 1 saturated heterocycles. The van der Waals surface area contributed by atoms with E-state index in [0.29, 0.717) is 12.5 Å². The second-order valence-corrected chi connectivity index (χ2v) is 5.08. The molecule has 0 bridgehead atoms. The highest BCUT2D eigenvalue weighted by atomic mass is 16.5. The van der Waals surface area contributed by atoms with Crippen LogP contribution in [-0.2, 0) is 9.53 Å². The van der Waals surface area contributed by atoms with Crippen molar-refractivity contribution in [2.75, 3.05) is 25.1 Å². The molecule has 2 aliphatic heterocycles. The third kappa shape index (κ3) is 2.57. The molecule has 3 rings (SSSR count). The minimum absolute atomic E-state index is 0.156. The first kappa shape index (κ1) is 12.4. The van der Waals surface area contributed by atoms with Gasteiger partial charge in [-0.3, -0.25) is 4.79 Å². The fourth-order valence-electron chi connectivity index (χ4n) is 2.48. The topological polar surface area (TPSA) is 73.6 Å². The van der Waals surface area contributed by atoms with E-state index >= 15 is 0 Å². The maximum absolute atomic E-state index is 11.5. The molecule has 0 aliphatic carbocycles. The van der Waals surface area contributed by atoms with Crippen molar-refractivity contribution in [3.63, 3.8) is 0 Å². The van der Waals surface area contributed by atoms with Crippen LogP contribution < -0.4 is 15.8 Å². The quantitative estimate of drug-likeness (QED) is 0.864. The Morgan fingerprint density at radius 2 is 2.16 bits per heavy atom. The van der Waals surface area contributed by atoms with Gasteiger partial charge in [-0.05, 0) is 24.8 Å². The number of amides is 1. The lowest BCUT2D eigenvalue weighted by Crippen LogP contribution is -2.21. The zero-order chi connectivity index (χ0) is 13.2. The van der Waals surface area contributed by atoms with Crippen molar-refractivity contribution in [2.45, 2.75) is 18.9 Å². The van der Waals surface area contributed by atoms with Crippen molar-refractivity contribution in [2.24, 2.45) is 11.7 Å². The van der Waals surface area contributed by atoms with Gasteiger partial charge < -0.3 is 20.5 Å². The molecule has 1 fully saturated rings. The summed E-state index contributed by atoms with van der Waals surface area (Å²) < 4.78 is 11.1. The van der Waals surface area contributed by atoms with Gasteiger partial charge in [-0.2, -0.15) is 0 Å². The van der Waals surface area contributed by atoms with Gasteiger partial charge in [0.1, 0.15) is 11.8 Å². The van der Waals surface area contributed by atoms with E-state index in [2.05, 4.69) is 5.32 Å². The van der Waals surface area contributed by atoms with Crippen LogP contribution in [0.3, 0.4) is 0 Å². The molecule has 3 N–H and O–H groups in total. The Labute approximate surface area is 112 Å². The van der Waals surface area contributed by atoms with Crippen molar-refractivity contribution < 1.29 is 14.3 Å². The molecule has 5 heteroatoms. The summed E-state index contributed by atoms with van der Waals surface area (Å²) in [4.78, 5) is 11.5. The average Bonchev–Trinajstić information content (AvgIpc) is 2.73. The molecule has 0 aromatic heterocycles. The fraction of sp³-hybridized carbons (Fsp3) is 0.500. The Morgan fingerprint density at radius 3 is 2.95 bits per heavy atom. The van der Waals surface area contributed by atoms with Crippen LogP contribution in [0, 0.1) is 5.92 Å². The second kappa shape index (κ2) is 5.19. The monoisotopic (exact) mass is 262 g/mol. The molecular weight excluding hydrogens is 244 g/mol. The van der Waals surface area contributed by atoms with Crippen LogP contribution >= 0.6 is 0 Å². The van der Waals surface area contributed by atoms with Crippen LogP contribution in [0.25, 0.3) is 0 Å². The number of fused-ring (bicyclic) bond motifs is 1. The minimum Gasteiger partial charge on any atom is -0.493 e. The molecule has 2 heterocycles. The van der Waals surface area contributed by atoms with Crippen molar-refractivity contribution in [1.29, 1.82) is 0 Å². The molecule has 2 aliphatic rings. The van der Waals surface area contributed by atoms with Gasteiger partial charge in [0.25, 0.3) is 0 Å². The predicted octanol–water partition coefficient (Wildman–Crippen LogP) is 1.44. The number of ether oxygens (including phenoxy) is 2. The number of nitrogens with two attached hydrogens (primary N) is 1. The smallest absolute Gasteiger partial charge is 0.245 e. The number of benzene rings is 1. The molecule has 0 spiro atoms. The molecule has 1 unspecified atom stereocenters. The Balaban J connectivity index is 1.63. The van der Waals surface area contributed by atoms with Gasteiger partial charge in [0, 0.05) is 30.5 Å². The lowest BCUT2D eigenvalue weighted by molar-refractivity contribution is -0.116. The van der Waals surface area contributed by atoms with Gasteiger partial charge in [0.05, 0.1) is 6.61 Å². The average molecular weight is 262 g/mol. The van der Waals surface area contributed by atoms with E-state index in [4.69, 9.17) is 15.2 Å². The molecule has 0 saturated carbocycles. The predicted molar refractivity (Wildman–Crippen MR) is 71.0 cm³/mol. The zero-order valence-corrected chi connectivity index (χ0v) is 10.7. The minimum atomic E-state index is -0.556. The normalized spacial score (nSPS) is 23.0. The van der Waals surface area contributed by atoms with Crippen LogP contribution in [0.1, 0.15) is 24.4 Å². The third-order valence-electron chi connectivity index (χ3n) is 3.73. The van der Waals surface area contributed by atoms with Crippen LogP contribution in [0.2, 0.25) is 0 Å². The van der Waals surface area contributed by atoms with Crippen LogP contribution in [0.15, 0.2) is 18.2 Å². The van der Waals surface area contributed by atoms with Crippen LogP contribution in [0.5, 0.6) is 5.75 Å². The Bertz CT molecular complexity index is 484. The number of anilines is 1. The van der Waals surface area contributed by atoms with Gasteiger partial charge in [0.15, 0.2) is 0 Å². The first-order valence-electron chi connectivity index (χ1n) is 6.65. The largest absolute Gasteiger partial charge is 0.493 e. The standard InChI is InChI=1S/C14H18N2O3/c15-13-11-2-1-10(7-12(11)16-14(13)17)19-8-9-3-5-18-6-4-9/h1-2,7,9,13H,3-6,8,15H2,(H,16,17). The summed E-state index contributed by atoms with van der Waals surface area (Å²) >= 11 is 0. The lowest BCUT2D eigenvalue weighted by atomic mass is 10.0. The van der Waals surface area contributed by atoms with Crippen molar-refractivity contribution in [3.8, 4) is 5.75 Å². The van der Waals surface area contributed by atoms with E-state index in [-0.39, 0.29) is 5.91 Å². The molecule has 19 heavy (non-hydrogen) atoms. The van der Waals surface area contributed by atoms with E-state index in [0.717, 1.165) is 43.1 Å². The van der Waals surface area contributed by atoms with Gasteiger partial charge in [-0.25, -0.2) is 0 Å². The first-order valence-corrected chi connectivity index (χ1v) is 6.65. The summed E-state index contributed by atoms with van der Waals surface area (Å²) in [5, 5.41) is 2.76. The van der Waals surface area contributed by atoms with E-state index < -0.39 is 6.04 Å². The molecular formula is C14H18N2O3. The number of carbonyl (C=O) groups is 1. The SMILES string of the molecule is NC1C(=O)Nc2cc(OCC3CCOCC3)ccc21. The van der Waals surface area contributed by atoms with E-state index in [1.54, 1.807) is 0 Å². The summed E-state index contributed by atoms with van der Waals surface area (Å²) in [6, 6.07) is 5.02. The Morgan fingerprint density at radius 1 is 1.37 bits per heavy atom. The summed E-state index contributed by atoms with van der Waals surface area (Å²) in [6.45, 7) is 2.34. The molecule has 1 amide bonds. The number of hydrogen-bond acceptors (Lipinski definition) is 4. The first-order chi connectivity index (χ1) is 9.24. The van der Waals surface area contributed by atoms with Crippen molar-refractivity contribution >= 4 is 11.6 Å².